The first-order chi connectivity index (χ1) is 7.31. The first-order valence-corrected chi connectivity index (χ1v) is 5.08. The molecule has 2 heterocycles. The molecule has 2 aromatic rings. The van der Waals surface area contributed by atoms with Crippen molar-refractivity contribution in [2.75, 3.05) is 0 Å². The third-order valence-electron chi connectivity index (χ3n) is 1.56. The molecule has 15 heavy (non-hydrogen) atoms. The lowest BCUT2D eigenvalue weighted by Crippen LogP contribution is -1.86. The SMILES string of the molecule is N#Cc1ccnc(Sc2ncn[nH]2)c1Cl. The van der Waals surface area contributed by atoms with E-state index in [-0.39, 0.29) is 0 Å². The van der Waals surface area contributed by atoms with Gasteiger partial charge in [-0.3, -0.25) is 5.10 Å². The van der Waals surface area contributed by atoms with E-state index in [1.54, 1.807) is 6.07 Å². The molecule has 0 fully saturated rings. The van der Waals surface area contributed by atoms with Crippen molar-refractivity contribution >= 4 is 23.4 Å². The van der Waals surface area contributed by atoms with Crippen LogP contribution in [0, 0.1) is 11.3 Å². The summed E-state index contributed by atoms with van der Waals surface area (Å²) in [6.45, 7) is 0. The first kappa shape index (κ1) is 9.96. The average Bonchev–Trinajstić information content (AvgIpc) is 2.74. The number of rotatable bonds is 2. The summed E-state index contributed by atoms with van der Waals surface area (Å²) in [5.41, 5.74) is 0.397. The van der Waals surface area contributed by atoms with Crippen LogP contribution in [0.3, 0.4) is 0 Å². The lowest BCUT2D eigenvalue weighted by Gasteiger charge is -2.00. The van der Waals surface area contributed by atoms with Gasteiger partial charge in [-0.1, -0.05) is 11.6 Å². The minimum atomic E-state index is 0.335. The summed E-state index contributed by atoms with van der Waals surface area (Å²) >= 11 is 7.19. The van der Waals surface area contributed by atoms with Crippen LogP contribution in [0.25, 0.3) is 0 Å². The van der Waals surface area contributed by atoms with Gasteiger partial charge in [-0.2, -0.15) is 10.4 Å². The van der Waals surface area contributed by atoms with Crippen molar-refractivity contribution in [1.29, 1.82) is 5.26 Å². The Morgan fingerprint density at radius 2 is 2.33 bits per heavy atom. The van der Waals surface area contributed by atoms with Crippen LogP contribution >= 0.6 is 23.4 Å². The van der Waals surface area contributed by atoms with Crippen molar-refractivity contribution in [3.8, 4) is 6.07 Å². The molecule has 0 atom stereocenters. The Hall–Kier alpha value is -1.58. The Balaban J connectivity index is 2.34. The van der Waals surface area contributed by atoms with Crippen molar-refractivity contribution in [2.45, 2.75) is 10.2 Å². The molecule has 7 heteroatoms. The molecule has 0 unspecified atom stereocenters. The molecule has 0 amide bonds. The zero-order valence-electron chi connectivity index (χ0n) is 7.31. The van der Waals surface area contributed by atoms with Gasteiger partial charge in [0.2, 0.25) is 0 Å². The predicted octanol–water partition coefficient (Wildman–Crippen LogP) is 1.88. The van der Waals surface area contributed by atoms with E-state index < -0.39 is 0 Å². The summed E-state index contributed by atoms with van der Waals surface area (Å²) in [5.74, 6) is 0. The lowest BCUT2D eigenvalue weighted by molar-refractivity contribution is 0.967. The molecule has 0 aliphatic heterocycles. The molecule has 2 aromatic heterocycles. The summed E-state index contributed by atoms with van der Waals surface area (Å²) < 4.78 is 0. The number of aromatic nitrogens is 4. The highest BCUT2D eigenvalue weighted by Gasteiger charge is 2.09. The lowest BCUT2D eigenvalue weighted by atomic mass is 10.3. The number of nitrogens with zero attached hydrogens (tertiary/aromatic N) is 4. The third-order valence-corrected chi connectivity index (χ3v) is 2.95. The highest BCUT2D eigenvalue weighted by molar-refractivity contribution is 7.99. The number of nitrogens with one attached hydrogen (secondary N) is 1. The Bertz CT molecular complexity index is 504. The molecule has 0 aromatic carbocycles. The van der Waals surface area contributed by atoms with Gasteiger partial charge in [-0.05, 0) is 17.8 Å². The summed E-state index contributed by atoms with van der Waals surface area (Å²) in [6.07, 6.45) is 2.92. The van der Waals surface area contributed by atoms with Crippen LogP contribution in [0.1, 0.15) is 5.56 Å². The van der Waals surface area contributed by atoms with Crippen LogP contribution < -0.4 is 0 Å². The van der Waals surface area contributed by atoms with E-state index in [0.29, 0.717) is 20.8 Å². The number of nitriles is 1. The average molecular weight is 238 g/mol. The van der Waals surface area contributed by atoms with Gasteiger partial charge in [0, 0.05) is 6.20 Å². The smallest absolute Gasteiger partial charge is 0.189 e. The summed E-state index contributed by atoms with van der Waals surface area (Å²) in [4.78, 5) is 7.98. The van der Waals surface area contributed by atoms with Crippen molar-refractivity contribution < 1.29 is 0 Å². The highest BCUT2D eigenvalue weighted by atomic mass is 35.5. The topological polar surface area (TPSA) is 78.2 Å². The van der Waals surface area contributed by atoms with Gasteiger partial charge >= 0.3 is 0 Å². The van der Waals surface area contributed by atoms with Gasteiger partial charge in [0.15, 0.2) is 5.16 Å². The maximum Gasteiger partial charge on any atom is 0.189 e. The van der Waals surface area contributed by atoms with E-state index >= 15 is 0 Å². The van der Waals surface area contributed by atoms with Crippen molar-refractivity contribution in [2.24, 2.45) is 0 Å². The number of pyridine rings is 1. The molecule has 0 spiro atoms. The normalized spacial score (nSPS) is 9.87. The molecule has 0 bridgehead atoms. The van der Waals surface area contributed by atoms with Gasteiger partial charge in [0.25, 0.3) is 0 Å². The summed E-state index contributed by atoms with van der Waals surface area (Å²) in [5, 5.41) is 16.6. The third kappa shape index (κ3) is 2.09. The van der Waals surface area contributed by atoms with Gasteiger partial charge in [0.05, 0.1) is 10.6 Å². The van der Waals surface area contributed by atoms with Gasteiger partial charge in [-0.15, -0.1) is 0 Å². The number of hydrogen-bond acceptors (Lipinski definition) is 5. The molecule has 1 N–H and O–H groups in total. The minimum absolute atomic E-state index is 0.335. The van der Waals surface area contributed by atoms with E-state index in [1.165, 1.54) is 24.3 Å². The second-order valence-corrected chi connectivity index (χ2v) is 3.84. The molecule has 0 aliphatic rings. The molecule has 0 saturated heterocycles. The van der Waals surface area contributed by atoms with Crippen molar-refractivity contribution in [3.05, 3.63) is 29.2 Å². The predicted molar refractivity (Wildman–Crippen MR) is 54.5 cm³/mol. The van der Waals surface area contributed by atoms with E-state index in [4.69, 9.17) is 16.9 Å². The Morgan fingerprint density at radius 1 is 1.47 bits per heavy atom. The fourth-order valence-corrected chi connectivity index (χ4v) is 1.88. The van der Waals surface area contributed by atoms with Gasteiger partial charge in [-0.25, -0.2) is 9.97 Å². The van der Waals surface area contributed by atoms with Gasteiger partial charge in [0.1, 0.15) is 17.4 Å². The molecular formula is C8H4ClN5S. The fraction of sp³-hybridized carbons (Fsp3) is 0. The number of halogens is 1. The maximum absolute atomic E-state index is 8.76. The fourth-order valence-electron chi connectivity index (χ4n) is 0.917. The number of hydrogen-bond donors (Lipinski definition) is 1. The quantitative estimate of drug-likeness (QED) is 0.863. The molecule has 0 saturated carbocycles. The van der Waals surface area contributed by atoms with E-state index in [2.05, 4.69) is 20.2 Å². The standard InChI is InChI=1S/C8H4ClN5S/c9-6-5(3-10)1-2-11-7(6)15-8-12-4-13-14-8/h1-2,4H,(H,12,13,14). The zero-order chi connectivity index (χ0) is 10.7. The zero-order valence-corrected chi connectivity index (χ0v) is 8.88. The Morgan fingerprint density at radius 3 is 3.00 bits per heavy atom. The van der Waals surface area contributed by atoms with Crippen LogP contribution in [-0.4, -0.2) is 20.2 Å². The largest absolute Gasteiger partial charge is 0.254 e. The van der Waals surface area contributed by atoms with Crippen LogP contribution in [0.4, 0.5) is 0 Å². The molecular weight excluding hydrogens is 234 g/mol. The minimum Gasteiger partial charge on any atom is -0.254 e. The highest BCUT2D eigenvalue weighted by Crippen LogP contribution is 2.30. The van der Waals surface area contributed by atoms with Crippen LogP contribution in [0.2, 0.25) is 5.02 Å². The van der Waals surface area contributed by atoms with Crippen LogP contribution in [0.15, 0.2) is 28.8 Å². The van der Waals surface area contributed by atoms with Crippen LogP contribution in [-0.2, 0) is 0 Å². The summed E-state index contributed by atoms with van der Waals surface area (Å²) in [6, 6.07) is 3.55. The Kier molecular flexibility index (Phi) is 2.85. The number of H-pyrrole nitrogens is 1. The van der Waals surface area contributed by atoms with Crippen LogP contribution in [0.5, 0.6) is 0 Å². The monoisotopic (exact) mass is 237 g/mol. The number of aromatic amines is 1. The van der Waals surface area contributed by atoms with E-state index in [0.717, 1.165) is 0 Å². The van der Waals surface area contributed by atoms with Gasteiger partial charge < -0.3 is 0 Å². The molecule has 0 radical (unpaired) electrons. The molecule has 2 rings (SSSR count). The molecule has 74 valence electrons. The second kappa shape index (κ2) is 4.29. The second-order valence-electron chi connectivity index (χ2n) is 2.48. The first-order valence-electron chi connectivity index (χ1n) is 3.89. The maximum atomic E-state index is 8.76. The summed E-state index contributed by atoms with van der Waals surface area (Å²) in [7, 11) is 0. The van der Waals surface area contributed by atoms with E-state index in [9.17, 15) is 0 Å². The van der Waals surface area contributed by atoms with E-state index in [1.807, 2.05) is 6.07 Å². The molecule has 5 nitrogen and oxygen atoms in total. The van der Waals surface area contributed by atoms with Crippen molar-refractivity contribution in [3.63, 3.8) is 0 Å². The van der Waals surface area contributed by atoms with Crippen molar-refractivity contribution in [1.82, 2.24) is 20.2 Å². The molecule has 0 aliphatic carbocycles. The Labute approximate surface area is 94.5 Å².